The topological polar surface area (TPSA) is 15.3 Å². The standard InChI is InChI=1S/C17H34N2/c1-4-15-10-16(18-11-14(2)3)13-19(12-15)17-8-6-5-7-9-17/h14-18H,4-13H2,1-3H3. The number of hydrogen-bond donors (Lipinski definition) is 1. The molecule has 2 fully saturated rings. The van der Waals surface area contributed by atoms with Crippen LogP contribution in [-0.4, -0.2) is 36.6 Å². The van der Waals surface area contributed by atoms with Gasteiger partial charge >= 0.3 is 0 Å². The molecule has 2 unspecified atom stereocenters. The van der Waals surface area contributed by atoms with Crippen LogP contribution in [0, 0.1) is 11.8 Å². The molecule has 1 saturated carbocycles. The number of piperidine rings is 1. The zero-order valence-corrected chi connectivity index (χ0v) is 13.3. The Bertz CT molecular complexity index is 246. The first-order valence-corrected chi connectivity index (χ1v) is 8.66. The summed E-state index contributed by atoms with van der Waals surface area (Å²) in [7, 11) is 0. The lowest BCUT2D eigenvalue weighted by molar-refractivity contribution is 0.0754. The van der Waals surface area contributed by atoms with Crippen LogP contribution in [0.25, 0.3) is 0 Å². The number of nitrogens with zero attached hydrogens (tertiary/aromatic N) is 1. The summed E-state index contributed by atoms with van der Waals surface area (Å²) in [4.78, 5) is 2.83. The maximum atomic E-state index is 3.81. The Balaban J connectivity index is 1.87. The van der Waals surface area contributed by atoms with E-state index in [0.29, 0.717) is 0 Å². The van der Waals surface area contributed by atoms with Crippen LogP contribution in [0.3, 0.4) is 0 Å². The van der Waals surface area contributed by atoms with Gasteiger partial charge in [0.2, 0.25) is 0 Å². The zero-order valence-electron chi connectivity index (χ0n) is 13.3. The van der Waals surface area contributed by atoms with E-state index in [0.717, 1.165) is 23.9 Å². The van der Waals surface area contributed by atoms with Crippen molar-refractivity contribution in [3.05, 3.63) is 0 Å². The molecular weight excluding hydrogens is 232 g/mol. The normalized spacial score (nSPS) is 30.9. The molecule has 0 spiro atoms. The monoisotopic (exact) mass is 266 g/mol. The van der Waals surface area contributed by atoms with E-state index >= 15 is 0 Å². The molecule has 1 aliphatic carbocycles. The van der Waals surface area contributed by atoms with Gasteiger partial charge in [-0.2, -0.15) is 0 Å². The second kappa shape index (κ2) is 7.64. The van der Waals surface area contributed by atoms with E-state index in [1.54, 1.807) is 0 Å². The van der Waals surface area contributed by atoms with E-state index in [2.05, 4.69) is 31.0 Å². The summed E-state index contributed by atoms with van der Waals surface area (Å²) >= 11 is 0. The molecule has 1 aliphatic heterocycles. The van der Waals surface area contributed by atoms with Crippen LogP contribution < -0.4 is 5.32 Å². The molecule has 1 heterocycles. The molecule has 2 rings (SSSR count). The van der Waals surface area contributed by atoms with E-state index in [1.165, 1.54) is 64.6 Å². The zero-order chi connectivity index (χ0) is 13.7. The lowest BCUT2D eigenvalue weighted by Gasteiger charge is -2.43. The fourth-order valence-corrected chi connectivity index (χ4v) is 3.83. The predicted molar refractivity (Wildman–Crippen MR) is 83.5 cm³/mol. The minimum Gasteiger partial charge on any atom is -0.312 e. The van der Waals surface area contributed by atoms with Gasteiger partial charge in [0.15, 0.2) is 0 Å². The van der Waals surface area contributed by atoms with Crippen LogP contribution in [0.5, 0.6) is 0 Å². The molecule has 2 heteroatoms. The highest BCUT2D eigenvalue weighted by Gasteiger charge is 2.30. The summed E-state index contributed by atoms with van der Waals surface area (Å²) in [5.41, 5.74) is 0. The molecule has 112 valence electrons. The van der Waals surface area contributed by atoms with Gasteiger partial charge in [-0.25, -0.2) is 0 Å². The number of nitrogens with one attached hydrogen (secondary N) is 1. The van der Waals surface area contributed by atoms with Gasteiger partial charge in [0.05, 0.1) is 0 Å². The molecule has 0 aromatic heterocycles. The van der Waals surface area contributed by atoms with Crippen molar-refractivity contribution in [2.75, 3.05) is 19.6 Å². The van der Waals surface area contributed by atoms with Gasteiger partial charge in [-0.3, -0.25) is 4.90 Å². The van der Waals surface area contributed by atoms with Crippen LogP contribution in [-0.2, 0) is 0 Å². The highest BCUT2D eigenvalue weighted by Crippen LogP contribution is 2.28. The molecule has 0 radical (unpaired) electrons. The average Bonchev–Trinajstić information content (AvgIpc) is 2.45. The van der Waals surface area contributed by atoms with Crippen molar-refractivity contribution < 1.29 is 0 Å². The van der Waals surface area contributed by atoms with E-state index in [4.69, 9.17) is 0 Å². The first kappa shape index (κ1) is 15.3. The Hall–Kier alpha value is -0.0800. The molecule has 0 bridgehead atoms. The molecule has 0 aromatic carbocycles. The second-order valence-corrected chi connectivity index (χ2v) is 7.25. The van der Waals surface area contributed by atoms with Gasteiger partial charge in [0.25, 0.3) is 0 Å². The first-order chi connectivity index (χ1) is 9.19. The van der Waals surface area contributed by atoms with Crippen molar-refractivity contribution in [3.8, 4) is 0 Å². The van der Waals surface area contributed by atoms with Crippen LogP contribution in [0.4, 0.5) is 0 Å². The van der Waals surface area contributed by atoms with Crippen molar-refractivity contribution in [1.29, 1.82) is 0 Å². The van der Waals surface area contributed by atoms with E-state index in [1.807, 2.05) is 0 Å². The Morgan fingerprint density at radius 2 is 1.84 bits per heavy atom. The average molecular weight is 266 g/mol. The molecule has 2 atom stereocenters. The summed E-state index contributed by atoms with van der Waals surface area (Å²) in [5.74, 6) is 1.69. The summed E-state index contributed by atoms with van der Waals surface area (Å²) in [6, 6.07) is 1.63. The first-order valence-electron chi connectivity index (χ1n) is 8.66. The van der Waals surface area contributed by atoms with Gasteiger partial charge < -0.3 is 5.32 Å². The lowest BCUT2D eigenvalue weighted by atomic mass is 9.87. The molecule has 0 aromatic rings. The van der Waals surface area contributed by atoms with Crippen molar-refractivity contribution in [2.45, 2.75) is 77.8 Å². The number of rotatable bonds is 5. The maximum absolute atomic E-state index is 3.81. The lowest BCUT2D eigenvalue weighted by Crippen LogP contribution is -2.53. The van der Waals surface area contributed by atoms with E-state index in [9.17, 15) is 0 Å². The Labute approximate surface area is 120 Å². The summed E-state index contributed by atoms with van der Waals surface area (Å²) < 4.78 is 0. The molecule has 2 nitrogen and oxygen atoms in total. The third kappa shape index (κ3) is 4.75. The number of likely N-dealkylation sites (tertiary alicyclic amines) is 1. The van der Waals surface area contributed by atoms with Crippen molar-refractivity contribution in [1.82, 2.24) is 10.2 Å². The van der Waals surface area contributed by atoms with Gasteiger partial charge in [0.1, 0.15) is 0 Å². The molecule has 1 N–H and O–H groups in total. The van der Waals surface area contributed by atoms with E-state index < -0.39 is 0 Å². The summed E-state index contributed by atoms with van der Waals surface area (Å²) in [6.07, 6.45) is 10.0. The quantitative estimate of drug-likeness (QED) is 0.817. The minimum absolute atomic E-state index is 0.739. The smallest absolute Gasteiger partial charge is 0.0198 e. The van der Waals surface area contributed by atoms with Gasteiger partial charge in [0, 0.05) is 25.2 Å². The predicted octanol–water partition coefficient (Wildman–Crippen LogP) is 3.67. The Morgan fingerprint density at radius 1 is 1.11 bits per heavy atom. The molecule has 19 heavy (non-hydrogen) atoms. The molecular formula is C17H34N2. The molecule has 2 aliphatic rings. The van der Waals surface area contributed by atoms with Crippen molar-refractivity contribution >= 4 is 0 Å². The van der Waals surface area contributed by atoms with E-state index in [-0.39, 0.29) is 0 Å². The highest BCUT2D eigenvalue weighted by molar-refractivity contribution is 4.87. The minimum atomic E-state index is 0.739. The van der Waals surface area contributed by atoms with Crippen LogP contribution in [0.15, 0.2) is 0 Å². The largest absolute Gasteiger partial charge is 0.312 e. The summed E-state index contributed by atoms with van der Waals surface area (Å²) in [5, 5.41) is 3.81. The fourth-order valence-electron chi connectivity index (χ4n) is 3.83. The number of hydrogen-bond acceptors (Lipinski definition) is 2. The van der Waals surface area contributed by atoms with Crippen LogP contribution in [0.2, 0.25) is 0 Å². The van der Waals surface area contributed by atoms with Gasteiger partial charge in [-0.15, -0.1) is 0 Å². The van der Waals surface area contributed by atoms with Crippen LogP contribution in [0.1, 0.15) is 65.7 Å². The van der Waals surface area contributed by atoms with Crippen LogP contribution >= 0.6 is 0 Å². The fraction of sp³-hybridized carbons (Fsp3) is 1.00. The van der Waals surface area contributed by atoms with Gasteiger partial charge in [-0.05, 0) is 37.6 Å². The maximum Gasteiger partial charge on any atom is 0.0198 e. The van der Waals surface area contributed by atoms with Gasteiger partial charge in [-0.1, -0.05) is 46.5 Å². The van der Waals surface area contributed by atoms with Crippen molar-refractivity contribution in [3.63, 3.8) is 0 Å². The third-order valence-electron chi connectivity index (χ3n) is 5.05. The Kier molecular flexibility index (Phi) is 6.15. The SMILES string of the molecule is CCC1CC(NCC(C)C)CN(C2CCCCC2)C1. The molecule has 1 saturated heterocycles. The third-order valence-corrected chi connectivity index (χ3v) is 5.05. The second-order valence-electron chi connectivity index (χ2n) is 7.25. The highest BCUT2D eigenvalue weighted by atomic mass is 15.2. The van der Waals surface area contributed by atoms with Crippen molar-refractivity contribution in [2.24, 2.45) is 11.8 Å². The molecule has 0 amide bonds. The summed E-state index contributed by atoms with van der Waals surface area (Å²) in [6.45, 7) is 10.8. The Morgan fingerprint density at radius 3 is 2.47 bits per heavy atom.